The van der Waals surface area contributed by atoms with E-state index in [0.717, 1.165) is 56.4 Å². The van der Waals surface area contributed by atoms with Crippen LogP contribution in [-0.4, -0.2) is 59.6 Å². The lowest BCUT2D eigenvalue weighted by Crippen LogP contribution is -2.47. The number of rotatable bonds is 7. The van der Waals surface area contributed by atoms with Gasteiger partial charge in [0.1, 0.15) is 11.5 Å². The van der Waals surface area contributed by atoms with Gasteiger partial charge in [0, 0.05) is 49.1 Å². The Kier molecular flexibility index (Phi) is 11.1. The lowest BCUT2D eigenvalue weighted by atomic mass is 10.1. The van der Waals surface area contributed by atoms with Crippen LogP contribution in [0.4, 0.5) is 5.69 Å². The Hall–Kier alpha value is -2.25. The molecular formula is C27H36Cl3N5O. The Morgan fingerprint density at radius 1 is 1.00 bits per heavy atom. The summed E-state index contributed by atoms with van der Waals surface area (Å²) in [7, 11) is 0. The summed E-state index contributed by atoms with van der Waals surface area (Å²) in [6.45, 7) is 14.0. The van der Waals surface area contributed by atoms with Crippen LogP contribution >= 0.6 is 36.4 Å². The van der Waals surface area contributed by atoms with Gasteiger partial charge in [0.05, 0.1) is 5.69 Å². The fourth-order valence-electron chi connectivity index (χ4n) is 4.73. The van der Waals surface area contributed by atoms with Crippen molar-refractivity contribution in [3.63, 3.8) is 0 Å². The topological polar surface area (TPSA) is 53.4 Å². The van der Waals surface area contributed by atoms with Crippen LogP contribution in [0.2, 0.25) is 5.02 Å². The average molecular weight is 553 g/mol. The summed E-state index contributed by atoms with van der Waals surface area (Å²) in [5.41, 5.74) is 6.28. The molecule has 9 heteroatoms. The Balaban J connectivity index is 0.00000228. The SMILES string of the molecule is Cc1cccc(N2CCN(CCCNC(=O)c3nc(C)n(-c4cccc(Cl)c4)c3C)CC2)c1C.Cl.Cl. The molecule has 0 saturated carbocycles. The quantitative estimate of drug-likeness (QED) is 0.391. The van der Waals surface area contributed by atoms with Gasteiger partial charge in [-0.2, -0.15) is 0 Å². The first-order valence-corrected chi connectivity index (χ1v) is 12.4. The molecule has 0 radical (unpaired) electrons. The summed E-state index contributed by atoms with van der Waals surface area (Å²) < 4.78 is 1.97. The summed E-state index contributed by atoms with van der Waals surface area (Å²) in [5, 5.41) is 3.71. The molecule has 4 rings (SSSR count). The summed E-state index contributed by atoms with van der Waals surface area (Å²) in [6, 6.07) is 14.1. The molecule has 0 bridgehead atoms. The van der Waals surface area contributed by atoms with Gasteiger partial charge < -0.3 is 14.8 Å². The third-order valence-corrected chi connectivity index (χ3v) is 7.02. The van der Waals surface area contributed by atoms with Gasteiger partial charge in [0.15, 0.2) is 0 Å². The Labute approximate surface area is 231 Å². The van der Waals surface area contributed by atoms with Crippen LogP contribution in [0.15, 0.2) is 42.5 Å². The summed E-state index contributed by atoms with van der Waals surface area (Å²) in [4.78, 5) is 22.3. The fraction of sp³-hybridized carbons (Fsp3) is 0.407. The number of halogens is 3. The minimum atomic E-state index is -0.124. The number of carbonyl (C=O) groups is 1. The van der Waals surface area contributed by atoms with Crippen molar-refractivity contribution in [1.82, 2.24) is 19.8 Å². The van der Waals surface area contributed by atoms with E-state index in [-0.39, 0.29) is 30.7 Å². The summed E-state index contributed by atoms with van der Waals surface area (Å²) >= 11 is 6.15. The molecule has 1 aliphatic rings. The molecule has 2 aromatic carbocycles. The van der Waals surface area contributed by atoms with Crippen molar-refractivity contribution in [2.45, 2.75) is 34.1 Å². The minimum Gasteiger partial charge on any atom is -0.369 e. The molecule has 1 aromatic heterocycles. The van der Waals surface area contributed by atoms with Crippen LogP contribution in [0.25, 0.3) is 5.69 Å². The van der Waals surface area contributed by atoms with Gasteiger partial charge in [-0.15, -0.1) is 24.8 Å². The lowest BCUT2D eigenvalue weighted by Gasteiger charge is -2.37. The smallest absolute Gasteiger partial charge is 0.271 e. The van der Waals surface area contributed by atoms with Gasteiger partial charge in [-0.05, 0) is 76.1 Å². The van der Waals surface area contributed by atoms with E-state index >= 15 is 0 Å². The lowest BCUT2D eigenvalue weighted by molar-refractivity contribution is 0.0946. The summed E-state index contributed by atoms with van der Waals surface area (Å²) in [6.07, 6.45) is 0.919. The number of nitrogens with one attached hydrogen (secondary N) is 1. The molecule has 0 spiro atoms. The third-order valence-electron chi connectivity index (χ3n) is 6.78. The number of aryl methyl sites for hydroxylation is 2. The number of benzene rings is 2. The second kappa shape index (κ2) is 13.3. The first-order valence-electron chi connectivity index (χ1n) is 12.0. The van der Waals surface area contributed by atoms with Gasteiger partial charge in [-0.3, -0.25) is 9.69 Å². The number of piperazine rings is 1. The molecule has 0 unspecified atom stereocenters. The zero-order chi connectivity index (χ0) is 24.2. The number of imidazole rings is 1. The second-order valence-electron chi connectivity index (χ2n) is 9.07. The molecule has 0 atom stereocenters. The zero-order valence-corrected chi connectivity index (χ0v) is 23.8. The molecule has 36 heavy (non-hydrogen) atoms. The molecule has 3 aromatic rings. The first kappa shape index (κ1) is 30.0. The Bertz CT molecular complexity index is 1170. The maximum atomic E-state index is 12.8. The molecule has 1 fully saturated rings. The largest absolute Gasteiger partial charge is 0.369 e. The highest BCUT2D eigenvalue weighted by molar-refractivity contribution is 6.30. The number of amides is 1. The highest BCUT2D eigenvalue weighted by Gasteiger charge is 2.20. The van der Waals surface area contributed by atoms with E-state index in [1.54, 1.807) is 0 Å². The average Bonchev–Trinajstić information content (AvgIpc) is 3.13. The fourth-order valence-corrected chi connectivity index (χ4v) is 4.92. The Morgan fingerprint density at radius 2 is 1.69 bits per heavy atom. The Morgan fingerprint density at radius 3 is 2.39 bits per heavy atom. The van der Waals surface area contributed by atoms with Gasteiger partial charge >= 0.3 is 0 Å². The van der Waals surface area contributed by atoms with Crippen LogP contribution in [0.1, 0.15) is 39.6 Å². The minimum absolute atomic E-state index is 0. The van der Waals surface area contributed by atoms with E-state index in [1.807, 2.05) is 42.7 Å². The molecule has 0 aliphatic carbocycles. The second-order valence-corrected chi connectivity index (χ2v) is 9.50. The van der Waals surface area contributed by atoms with Crippen LogP contribution in [-0.2, 0) is 0 Å². The molecule has 1 amide bonds. The predicted octanol–water partition coefficient (Wildman–Crippen LogP) is 5.55. The number of anilines is 1. The van der Waals surface area contributed by atoms with Crippen molar-refractivity contribution in [3.8, 4) is 5.69 Å². The van der Waals surface area contributed by atoms with Crippen molar-refractivity contribution >= 4 is 48.0 Å². The van der Waals surface area contributed by atoms with Gasteiger partial charge in [0.25, 0.3) is 5.91 Å². The van der Waals surface area contributed by atoms with Gasteiger partial charge in [-0.25, -0.2) is 4.98 Å². The normalized spacial score (nSPS) is 13.6. The summed E-state index contributed by atoms with van der Waals surface area (Å²) in [5.74, 6) is 0.646. The van der Waals surface area contributed by atoms with E-state index in [4.69, 9.17) is 11.6 Å². The molecule has 1 aliphatic heterocycles. The van der Waals surface area contributed by atoms with Crippen LogP contribution in [0, 0.1) is 27.7 Å². The molecule has 1 saturated heterocycles. The maximum Gasteiger partial charge on any atom is 0.271 e. The van der Waals surface area contributed by atoms with Crippen LogP contribution < -0.4 is 10.2 Å². The van der Waals surface area contributed by atoms with Crippen LogP contribution in [0.3, 0.4) is 0 Å². The van der Waals surface area contributed by atoms with E-state index < -0.39 is 0 Å². The van der Waals surface area contributed by atoms with Crippen molar-refractivity contribution in [1.29, 1.82) is 0 Å². The van der Waals surface area contributed by atoms with Gasteiger partial charge in [-0.1, -0.05) is 29.8 Å². The number of carbonyl (C=O) groups excluding carboxylic acids is 1. The molecule has 6 nitrogen and oxygen atoms in total. The van der Waals surface area contributed by atoms with Crippen molar-refractivity contribution in [2.24, 2.45) is 0 Å². The van der Waals surface area contributed by atoms with E-state index in [9.17, 15) is 4.79 Å². The first-order chi connectivity index (χ1) is 16.3. The van der Waals surface area contributed by atoms with Crippen molar-refractivity contribution in [3.05, 3.63) is 75.8 Å². The number of hydrogen-bond donors (Lipinski definition) is 1. The molecule has 196 valence electrons. The van der Waals surface area contributed by atoms with Crippen molar-refractivity contribution in [2.75, 3.05) is 44.2 Å². The highest BCUT2D eigenvalue weighted by Crippen LogP contribution is 2.24. The van der Waals surface area contributed by atoms with E-state index in [1.165, 1.54) is 16.8 Å². The monoisotopic (exact) mass is 551 g/mol. The molecule has 1 N–H and O–H groups in total. The maximum absolute atomic E-state index is 12.8. The highest BCUT2D eigenvalue weighted by atomic mass is 35.5. The molecule has 2 heterocycles. The van der Waals surface area contributed by atoms with Crippen molar-refractivity contribution < 1.29 is 4.79 Å². The zero-order valence-electron chi connectivity index (χ0n) is 21.4. The number of hydrogen-bond acceptors (Lipinski definition) is 4. The van der Waals surface area contributed by atoms with E-state index in [0.29, 0.717) is 17.3 Å². The third kappa shape index (κ3) is 6.74. The van der Waals surface area contributed by atoms with Gasteiger partial charge in [0.2, 0.25) is 0 Å². The number of nitrogens with zero attached hydrogens (tertiary/aromatic N) is 4. The van der Waals surface area contributed by atoms with Crippen LogP contribution in [0.5, 0.6) is 0 Å². The molecular weight excluding hydrogens is 517 g/mol. The standard InChI is InChI=1S/C27H34ClN5O.2ClH/c1-19-8-5-11-25(20(19)2)32-16-14-31(15-17-32)13-7-12-29-27(34)26-21(3)33(22(4)30-26)24-10-6-9-23(28)18-24;;/h5-6,8-11,18H,7,12-17H2,1-4H3,(H,29,34);2*1H. The van der Waals surface area contributed by atoms with E-state index in [2.05, 4.69) is 52.1 Å². The predicted molar refractivity (Wildman–Crippen MR) is 154 cm³/mol. The number of aromatic nitrogens is 2.